The third-order valence-corrected chi connectivity index (χ3v) is 6.26. The highest BCUT2D eigenvalue weighted by Gasteiger charge is 2.51. The van der Waals surface area contributed by atoms with Crippen molar-refractivity contribution in [3.05, 3.63) is 11.0 Å². The Hall–Kier alpha value is -3.17. The number of aromatic nitrogens is 4. The van der Waals surface area contributed by atoms with Crippen LogP contribution in [0.4, 0.5) is 5.95 Å². The lowest BCUT2D eigenvalue weighted by Crippen LogP contribution is -2.40. The molecule has 2 aromatic heterocycles. The summed E-state index contributed by atoms with van der Waals surface area (Å²) in [5, 5.41) is 6.40. The van der Waals surface area contributed by atoms with Crippen LogP contribution in [0.1, 0.15) is 67.0 Å². The van der Waals surface area contributed by atoms with Gasteiger partial charge in [-0.05, 0) is 19.8 Å². The second kappa shape index (κ2) is 15.6. The summed E-state index contributed by atoms with van der Waals surface area (Å²) in [6.45, 7) is 6.92. The normalized spacial score (nSPS) is 19.9. The summed E-state index contributed by atoms with van der Waals surface area (Å²) in [5.74, 6) is -1.30. The van der Waals surface area contributed by atoms with Crippen LogP contribution in [-0.2, 0) is 33.3 Å². The number of ether oxygens (including phenoxy) is 4. The van der Waals surface area contributed by atoms with Crippen molar-refractivity contribution in [1.82, 2.24) is 24.8 Å². The van der Waals surface area contributed by atoms with E-state index in [9.17, 15) is 14.4 Å². The molecule has 0 aromatic carbocycles. The number of esters is 3. The Morgan fingerprint density at radius 3 is 2.30 bits per heavy atom. The molecule has 3 rings (SSSR count). The first kappa shape index (κ1) is 33.0. The molecule has 1 aliphatic rings. The number of anilines is 1. The highest BCUT2D eigenvalue weighted by molar-refractivity contribution is 7.80. The van der Waals surface area contributed by atoms with Crippen LogP contribution >= 0.6 is 24.4 Å². The Morgan fingerprint density at radius 1 is 1.02 bits per heavy atom. The second-order valence-corrected chi connectivity index (χ2v) is 10.1. The lowest BCUT2D eigenvalue weighted by atomic mass is 10.1. The van der Waals surface area contributed by atoms with Crippen LogP contribution < -0.4 is 10.6 Å². The van der Waals surface area contributed by atoms with Crippen LogP contribution in [0, 0.1) is 4.64 Å². The summed E-state index contributed by atoms with van der Waals surface area (Å²) in [4.78, 5) is 48.0. The Kier molecular flexibility index (Phi) is 12.9. The van der Waals surface area contributed by atoms with Crippen molar-refractivity contribution in [3.63, 3.8) is 0 Å². The number of aromatic amines is 1. The maximum atomic E-state index is 12.0. The van der Waals surface area contributed by atoms with Crippen molar-refractivity contribution < 1.29 is 33.3 Å². The molecule has 3 heterocycles. The van der Waals surface area contributed by atoms with Crippen LogP contribution in [0.5, 0.6) is 0 Å². The van der Waals surface area contributed by atoms with Crippen molar-refractivity contribution in [2.75, 3.05) is 25.0 Å². The summed E-state index contributed by atoms with van der Waals surface area (Å²) < 4.78 is 24.0. The van der Waals surface area contributed by atoms with E-state index in [0.717, 1.165) is 37.2 Å². The van der Waals surface area contributed by atoms with Crippen LogP contribution in [0.15, 0.2) is 6.33 Å². The Labute approximate surface area is 243 Å². The average Bonchev–Trinajstić information content (AvgIpc) is 3.40. The molecule has 222 valence electrons. The smallest absolute Gasteiger partial charge is 0.303 e. The van der Waals surface area contributed by atoms with Crippen LogP contribution in [0.2, 0.25) is 0 Å². The number of nitrogens with one attached hydrogen (secondary N) is 3. The standard InChI is InChI=1S/C24H34N6O7S2.CH4/c1-13(38)25-9-7-5-6-8-10-26-24-28-21-18(22(39)29-24)27-12-30(21)23-20(36-16(4)33)19(35-15(3)32)17(37-23)11-34-14(2)31;/h12,17,19-20,23H,5-11H2,1-4H3,(H,25,38)(H2,26,28,29,39);1H4/t17-,19+,20?,23-;/m1./s1. The molecule has 0 amide bonds. The first-order valence-corrected chi connectivity index (χ1v) is 13.5. The number of unbranched alkanes of at least 4 members (excludes halogenated alkanes) is 3. The van der Waals surface area contributed by atoms with Gasteiger partial charge in [-0.2, -0.15) is 0 Å². The fourth-order valence-corrected chi connectivity index (χ4v) is 4.55. The van der Waals surface area contributed by atoms with Crippen molar-refractivity contribution >= 4 is 64.4 Å². The number of carbonyl (C=O) groups is 3. The molecular weight excluding hydrogens is 560 g/mol. The van der Waals surface area contributed by atoms with Gasteiger partial charge in [0.2, 0.25) is 5.95 Å². The van der Waals surface area contributed by atoms with Crippen LogP contribution in [-0.4, -0.2) is 80.4 Å². The first-order chi connectivity index (χ1) is 18.6. The molecule has 15 heteroatoms. The average molecular weight is 599 g/mol. The molecule has 3 N–H and O–H groups in total. The number of imidazole rings is 1. The molecule has 0 spiro atoms. The minimum Gasteiger partial charge on any atom is -0.463 e. The maximum Gasteiger partial charge on any atom is 0.303 e. The zero-order valence-corrected chi connectivity index (χ0v) is 24.0. The van der Waals surface area contributed by atoms with Crippen molar-refractivity contribution in [3.8, 4) is 0 Å². The summed E-state index contributed by atoms with van der Waals surface area (Å²) >= 11 is 10.5. The van der Waals surface area contributed by atoms with Gasteiger partial charge in [0.15, 0.2) is 23.1 Å². The van der Waals surface area contributed by atoms with E-state index < -0.39 is 42.4 Å². The third kappa shape index (κ3) is 9.20. The number of H-pyrrole nitrogens is 1. The lowest BCUT2D eigenvalue weighted by molar-refractivity contribution is -0.166. The number of fused-ring (bicyclic) bond motifs is 1. The molecule has 0 radical (unpaired) electrons. The molecule has 1 aliphatic heterocycles. The fourth-order valence-electron chi connectivity index (χ4n) is 4.20. The van der Waals surface area contributed by atoms with Crippen molar-refractivity contribution in [2.24, 2.45) is 0 Å². The van der Waals surface area contributed by atoms with Gasteiger partial charge in [0.1, 0.15) is 23.9 Å². The SMILES string of the molecule is C.CC(=O)OC[C@H]1O[C@@H](n2cnc3c(=S)nc(NCCCCCCNC(C)=S)[nH]c32)C(OC(C)=O)[C@H]1OC(C)=O. The van der Waals surface area contributed by atoms with Crippen LogP contribution in [0.25, 0.3) is 11.2 Å². The van der Waals surface area contributed by atoms with E-state index in [4.69, 9.17) is 43.4 Å². The van der Waals surface area contributed by atoms with E-state index in [2.05, 4.69) is 25.6 Å². The van der Waals surface area contributed by atoms with E-state index >= 15 is 0 Å². The molecular formula is C25H38N6O7S2. The molecule has 40 heavy (non-hydrogen) atoms. The number of hydrogen-bond donors (Lipinski definition) is 3. The zero-order valence-electron chi connectivity index (χ0n) is 22.4. The van der Waals surface area contributed by atoms with Gasteiger partial charge in [0.05, 0.1) is 11.3 Å². The number of rotatable bonds is 13. The Balaban J connectivity index is 0.00000560. The third-order valence-electron chi connectivity index (χ3n) is 5.83. The van der Waals surface area contributed by atoms with Crippen molar-refractivity contribution in [2.45, 2.75) is 85.3 Å². The predicted molar refractivity (Wildman–Crippen MR) is 154 cm³/mol. The maximum absolute atomic E-state index is 12.0. The summed E-state index contributed by atoms with van der Waals surface area (Å²) in [5.41, 5.74) is 0.880. The minimum absolute atomic E-state index is 0. The summed E-state index contributed by atoms with van der Waals surface area (Å²) in [6.07, 6.45) is 1.61. The Morgan fingerprint density at radius 2 is 1.68 bits per heavy atom. The lowest BCUT2D eigenvalue weighted by Gasteiger charge is -2.23. The van der Waals surface area contributed by atoms with Crippen molar-refractivity contribution in [1.29, 1.82) is 0 Å². The van der Waals surface area contributed by atoms with E-state index in [1.165, 1.54) is 27.1 Å². The first-order valence-electron chi connectivity index (χ1n) is 12.6. The summed E-state index contributed by atoms with van der Waals surface area (Å²) in [6, 6.07) is 0. The topological polar surface area (TPSA) is 159 Å². The predicted octanol–water partition coefficient (Wildman–Crippen LogP) is 3.36. The zero-order chi connectivity index (χ0) is 28.5. The summed E-state index contributed by atoms with van der Waals surface area (Å²) in [7, 11) is 0. The van der Waals surface area contributed by atoms with Gasteiger partial charge in [-0.3, -0.25) is 19.0 Å². The molecule has 13 nitrogen and oxygen atoms in total. The van der Waals surface area contributed by atoms with E-state index in [-0.39, 0.29) is 18.7 Å². The largest absolute Gasteiger partial charge is 0.463 e. The monoisotopic (exact) mass is 598 g/mol. The molecule has 4 atom stereocenters. The van der Waals surface area contributed by atoms with Gasteiger partial charge in [-0.15, -0.1) is 0 Å². The molecule has 1 unspecified atom stereocenters. The van der Waals surface area contributed by atoms with Crippen LogP contribution in [0.3, 0.4) is 0 Å². The molecule has 0 aliphatic carbocycles. The van der Waals surface area contributed by atoms with Gasteiger partial charge in [-0.1, -0.05) is 44.7 Å². The molecule has 0 bridgehead atoms. The number of carbonyl (C=O) groups excluding carboxylic acids is 3. The molecule has 1 saturated heterocycles. The molecule has 0 saturated carbocycles. The van der Waals surface area contributed by atoms with E-state index in [1.807, 2.05) is 6.92 Å². The second-order valence-electron chi connectivity index (χ2n) is 9.08. The number of hydrogen-bond acceptors (Lipinski definition) is 12. The van der Waals surface area contributed by atoms with E-state index in [0.29, 0.717) is 23.7 Å². The molecule has 2 aromatic rings. The highest BCUT2D eigenvalue weighted by atomic mass is 32.1. The number of nitrogens with zero attached hydrogens (tertiary/aromatic N) is 3. The van der Waals surface area contributed by atoms with E-state index in [1.54, 1.807) is 4.57 Å². The van der Waals surface area contributed by atoms with Gasteiger partial charge in [-0.25, -0.2) is 9.97 Å². The Bertz CT molecular complexity index is 1250. The van der Waals surface area contributed by atoms with Gasteiger partial charge < -0.3 is 34.6 Å². The quantitative estimate of drug-likeness (QED) is 0.133. The van der Waals surface area contributed by atoms with Gasteiger partial charge in [0.25, 0.3) is 0 Å². The van der Waals surface area contributed by atoms with Gasteiger partial charge in [0, 0.05) is 33.9 Å². The van der Waals surface area contributed by atoms with Gasteiger partial charge >= 0.3 is 17.9 Å². The fraction of sp³-hybridized carbons (Fsp3) is 0.640. The minimum atomic E-state index is -1.05. The highest BCUT2D eigenvalue weighted by Crippen LogP contribution is 2.36. The molecule has 1 fully saturated rings. The number of thiocarbonyl (C=S) groups is 1.